The summed E-state index contributed by atoms with van der Waals surface area (Å²) in [4.78, 5) is 35.6. The van der Waals surface area contributed by atoms with Crippen LogP contribution < -0.4 is 10.6 Å². The third-order valence-corrected chi connectivity index (χ3v) is 6.53. The molecule has 3 rings (SSSR count). The highest BCUT2D eigenvalue weighted by Crippen LogP contribution is 2.25. The largest absolute Gasteiger partial charge is 0.342 e. The standard InChI is InChI=1S/C22H22Cl2N6O4S/c1-4-29-20(13(3)25-21(32)16-8-6-14(23)9-17(16)24)27-28-22(29)35-11-19(31)26-18-10-15(30(33)34)7-5-12(18)2/h5-10,13H,4,11H2,1-3H3,(H,25,32)(H,26,31)/t13-/m0/s1. The maximum Gasteiger partial charge on any atom is 0.271 e. The third kappa shape index (κ3) is 6.50. The minimum atomic E-state index is -0.518. The number of halogens is 2. The molecule has 0 aliphatic carbocycles. The summed E-state index contributed by atoms with van der Waals surface area (Å²) < 4.78 is 1.80. The number of nitrogens with one attached hydrogen (secondary N) is 2. The lowest BCUT2D eigenvalue weighted by Crippen LogP contribution is -2.29. The second kappa shape index (κ2) is 11.5. The number of benzene rings is 2. The average molecular weight is 537 g/mol. The molecule has 0 saturated carbocycles. The Kier molecular flexibility index (Phi) is 8.71. The van der Waals surface area contributed by atoms with Crippen molar-refractivity contribution in [3.05, 3.63) is 73.5 Å². The lowest BCUT2D eigenvalue weighted by atomic mass is 10.2. The van der Waals surface area contributed by atoms with Gasteiger partial charge in [-0.15, -0.1) is 10.2 Å². The van der Waals surface area contributed by atoms with Gasteiger partial charge in [-0.05, 0) is 44.5 Å². The second-order valence-electron chi connectivity index (χ2n) is 7.50. The van der Waals surface area contributed by atoms with Gasteiger partial charge in [-0.25, -0.2) is 0 Å². The van der Waals surface area contributed by atoms with E-state index >= 15 is 0 Å². The minimum Gasteiger partial charge on any atom is -0.342 e. The van der Waals surface area contributed by atoms with Gasteiger partial charge in [0, 0.05) is 23.7 Å². The number of rotatable bonds is 9. The highest BCUT2D eigenvalue weighted by atomic mass is 35.5. The van der Waals surface area contributed by atoms with Crippen LogP contribution in [-0.4, -0.2) is 37.3 Å². The number of anilines is 1. The van der Waals surface area contributed by atoms with Crippen molar-refractivity contribution in [3.63, 3.8) is 0 Å². The summed E-state index contributed by atoms with van der Waals surface area (Å²) in [5.74, 6) is -0.194. The van der Waals surface area contributed by atoms with Crippen LogP contribution in [0.2, 0.25) is 10.0 Å². The van der Waals surface area contributed by atoms with Crippen LogP contribution in [0.1, 0.15) is 41.6 Å². The van der Waals surface area contributed by atoms with E-state index in [4.69, 9.17) is 23.2 Å². The molecule has 0 saturated heterocycles. The smallest absolute Gasteiger partial charge is 0.271 e. The number of carbonyl (C=O) groups is 2. The molecule has 10 nitrogen and oxygen atoms in total. The summed E-state index contributed by atoms with van der Waals surface area (Å²) in [6.45, 7) is 5.93. The molecule has 0 unspecified atom stereocenters. The summed E-state index contributed by atoms with van der Waals surface area (Å²) >= 11 is 13.2. The summed E-state index contributed by atoms with van der Waals surface area (Å²) in [5, 5.41) is 26.1. The Morgan fingerprint density at radius 2 is 1.94 bits per heavy atom. The molecule has 184 valence electrons. The molecule has 2 amide bonds. The van der Waals surface area contributed by atoms with Gasteiger partial charge < -0.3 is 15.2 Å². The summed E-state index contributed by atoms with van der Waals surface area (Å²) in [7, 11) is 0. The number of non-ortho nitro benzene ring substituents is 1. The highest BCUT2D eigenvalue weighted by molar-refractivity contribution is 7.99. The Morgan fingerprint density at radius 3 is 2.60 bits per heavy atom. The molecule has 2 aromatic carbocycles. The van der Waals surface area contributed by atoms with Crippen LogP contribution in [0.3, 0.4) is 0 Å². The van der Waals surface area contributed by atoms with E-state index in [0.29, 0.717) is 33.8 Å². The number of hydrogen-bond acceptors (Lipinski definition) is 7. The monoisotopic (exact) mass is 536 g/mol. The maximum absolute atomic E-state index is 12.7. The van der Waals surface area contributed by atoms with E-state index in [-0.39, 0.29) is 33.8 Å². The van der Waals surface area contributed by atoms with Crippen LogP contribution in [-0.2, 0) is 11.3 Å². The lowest BCUT2D eigenvalue weighted by Gasteiger charge is -2.15. The molecule has 0 aliphatic heterocycles. The molecule has 3 aromatic rings. The minimum absolute atomic E-state index is 0.0153. The van der Waals surface area contributed by atoms with Crippen molar-refractivity contribution in [2.24, 2.45) is 0 Å². The molecule has 2 N–H and O–H groups in total. The summed E-state index contributed by atoms with van der Waals surface area (Å²) in [6.07, 6.45) is 0. The molecule has 0 spiro atoms. The third-order valence-electron chi connectivity index (χ3n) is 5.01. The van der Waals surface area contributed by atoms with Crippen molar-refractivity contribution in [2.45, 2.75) is 38.5 Å². The van der Waals surface area contributed by atoms with E-state index in [1.54, 1.807) is 36.6 Å². The first-order chi connectivity index (χ1) is 16.6. The number of aryl methyl sites for hydroxylation is 1. The first-order valence-electron chi connectivity index (χ1n) is 10.5. The van der Waals surface area contributed by atoms with Crippen LogP contribution in [0, 0.1) is 17.0 Å². The zero-order valence-corrected chi connectivity index (χ0v) is 21.4. The molecule has 13 heteroatoms. The lowest BCUT2D eigenvalue weighted by molar-refractivity contribution is -0.384. The fourth-order valence-electron chi connectivity index (χ4n) is 3.21. The number of aromatic nitrogens is 3. The van der Waals surface area contributed by atoms with Crippen LogP contribution in [0.25, 0.3) is 0 Å². The van der Waals surface area contributed by atoms with Crippen LogP contribution >= 0.6 is 35.0 Å². The Hall–Kier alpha value is -3.15. The molecule has 1 heterocycles. The Labute approximate surface area is 215 Å². The van der Waals surface area contributed by atoms with Crippen LogP contribution in [0.5, 0.6) is 0 Å². The van der Waals surface area contributed by atoms with Gasteiger partial charge in [0.05, 0.1) is 33.0 Å². The molecule has 0 bridgehead atoms. The van der Waals surface area contributed by atoms with E-state index in [1.807, 2.05) is 6.92 Å². The first kappa shape index (κ1) is 26.5. The van der Waals surface area contributed by atoms with Crippen LogP contribution in [0.4, 0.5) is 11.4 Å². The van der Waals surface area contributed by atoms with Gasteiger partial charge in [0.15, 0.2) is 11.0 Å². The van der Waals surface area contributed by atoms with Gasteiger partial charge in [0.2, 0.25) is 5.91 Å². The fourth-order valence-corrected chi connectivity index (χ4v) is 4.52. The number of nitrogens with zero attached hydrogens (tertiary/aromatic N) is 4. The Balaban J connectivity index is 1.66. The van der Waals surface area contributed by atoms with E-state index in [1.165, 1.54) is 30.0 Å². The maximum atomic E-state index is 12.7. The van der Waals surface area contributed by atoms with Crippen molar-refractivity contribution < 1.29 is 14.5 Å². The highest BCUT2D eigenvalue weighted by Gasteiger charge is 2.21. The normalized spacial score (nSPS) is 11.7. The molecule has 0 radical (unpaired) electrons. The van der Waals surface area contributed by atoms with Crippen molar-refractivity contribution in [3.8, 4) is 0 Å². The quantitative estimate of drug-likeness (QED) is 0.222. The Bertz CT molecular complexity index is 1280. The number of hydrogen-bond donors (Lipinski definition) is 2. The topological polar surface area (TPSA) is 132 Å². The van der Waals surface area contributed by atoms with Crippen molar-refractivity contribution in [2.75, 3.05) is 11.1 Å². The molecule has 0 fully saturated rings. The van der Waals surface area contributed by atoms with Gasteiger partial charge >= 0.3 is 0 Å². The average Bonchev–Trinajstić information content (AvgIpc) is 3.22. The van der Waals surface area contributed by atoms with Crippen molar-refractivity contribution in [1.82, 2.24) is 20.1 Å². The number of thioether (sulfide) groups is 1. The van der Waals surface area contributed by atoms with Gasteiger partial charge in [0.1, 0.15) is 0 Å². The van der Waals surface area contributed by atoms with E-state index in [2.05, 4.69) is 20.8 Å². The van der Waals surface area contributed by atoms with Crippen molar-refractivity contribution >= 4 is 58.2 Å². The fraction of sp³-hybridized carbons (Fsp3) is 0.273. The zero-order chi connectivity index (χ0) is 25.7. The van der Waals surface area contributed by atoms with E-state index in [9.17, 15) is 19.7 Å². The number of nitro groups is 1. The molecular formula is C22H22Cl2N6O4S. The van der Waals surface area contributed by atoms with Crippen LogP contribution in [0.15, 0.2) is 41.6 Å². The molecule has 1 atom stereocenters. The number of nitro benzene ring substituents is 1. The van der Waals surface area contributed by atoms with Gasteiger partial charge in [-0.1, -0.05) is 41.0 Å². The molecule has 0 aliphatic rings. The Morgan fingerprint density at radius 1 is 1.20 bits per heavy atom. The SMILES string of the molecule is CCn1c(SCC(=O)Nc2cc([N+](=O)[O-])ccc2C)nnc1[C@H](C)NC(=O)c1ccc(Cl)cc1Cl. The predicted octanol–water partition coefficient (Wildman–Crippen LogP) is 5.04. The molecular weight excluding hydrogens is 515 g/mol. The molecule has 1 aromatic heterocycles. The van der Waals surface area contributed by atoms with Gasteiger partial charge in [-0.2, -0.15) is 0 Å². The van der Waals surface area contributed by atoms with Gasteiger partial charge in [-0.3, -0.25) is 19.7 Å². The summed E-state index contributed by atoms with van der Waals surface area (Å²) in [5.41, 5.74) is 1.26. The predicted molar refractivity (Wildman–Crippen MR) is 135 cm³/mol. The first-order valence-corrected chi connectivity index (χ1v) is 12.2. The summed E-state index contributed by atoms with van der Waals surface area (Å²) in [6, 6.07) is 8.40. The zero-order valence-electron chi connectivity index (χ0n) is 19.0. The number of amides is 2. The van der Waals surface area contributed by atoms with Gasteiger partial charge in [0.25, 0.3) is 11.6 Å². The number of carbonyl (C=O) groups excluding carboxylic acids is 2. The van der Waals surface area contributed by atoms with E-state index < -0.39 is 11.0 Å². The van der Waals surface area contributed by atoms with Crippen molar-refractivity contribution in [1.29, 1.82) is 0 Å². The second-order valence-corrected chi connectivity index (χ2v) is 9.28. The van der Waals surface area contributed by atoms with E-state index in [0.717, 1.165) is 0 Å². The molecule has 35 heavy (non-hydrogen) atoms.